The summed E-state index contributed by atoms with van der Waals surface area (Å²) in [7, 11) is 0. The quantitative estimate of drug-likeness (QED) is 0.826. The van der Waals surface area contributed by atoms with Crippen molar-refractivity contribution in [3.8, 4) is 5.75 Å². The highest BCUT2D eigenvalue weighted by Gasteiger charge is 2.17. The third kappa shape index (κ3) is 3.24. The zero-order valence-electron chi connectivity index (χ0n) is 9.86. The van der Waals surface area contributed by atoms with E-state index in [0.717, 1.165) is 23.8 Å². The van der Waals surface area contributed by atoms with Crippen molar-refractivity contribution in [1.82, 2.24) is 0 Å². The van der Waals surface area contributed by atoms with Gasteiger partial charge in [0.05, 0.1) is 12.7 Å². The Balaban J connectivity index is 1.81. The van der Waals surface area contributed by atoms with Crippen LogP contribution in [0.3, 0.4) is 0 Å². The van der Waals surface area contributed by atoms with E-state index in [1.807, 2.05) is 24.3 Å². The van der Waals surface area contributed by atoms with Gasteiger partial charge in [0.25, 0.3) is 0 Å². The Kier molecular flexibility index (Phi) is 3.83. The van der Waals surface area contributed by atoms with Crippen molar-refractivity contribution in [1.29, 1.82) is 0 Å². The first-order chi connectivity index (χ1) is 7.74. The molecule has 0 aliphatic heterocycles. The van der Waals surface area contributed by atoms with Gasteiger partial charge < -0.3 is 9.84 Å². The number of hydrogen-bond donors (Lipinski definition) is 1. The number of benzene rings is 1. The normalized spacial score (nSPS) is 17.9. The first-order valence-corrected chi connectivity index (χ1v) is 6.14. The molecule has 1 atom stereocenters. The zero-order chi connectivity index (χ0) is 11.4. The summed E-state index contributed by atoms with van der Waals surface area (Å²) in [6.07, 6.45) is 4.44. The number of aliphatic hydroxyl groups excluding tert-OH is 1. The predicted octanol–water partition coefficient (Wildman–Crippen LogP) is 2.79. The first kappa shape index (κ1) is 11.5. The maximum Gasteiger partial charge on any atom is 0.119 e. The second kappa shape index (κ2) is 5.35. The maximum atomic E-state index is 9.26. The van der Waals surface area contributed by atoms with E-state index in [9.17, 15) is 5.11 Å². The molecule has 2 heteroatoms. The van der Waals surface area contributed by atoms with Gasteiger partial charge >= 0.3 is 0 Å². The number of aliphatic hydroxyl groups is 1. The molecular weight excluding hydrogens is 200 g/mol. The molecule has 88 valence electrons. The van der Waals surface area contributed by atoms with Crippen molar-refractivity contribution >= 4 is 0 Å². The van der Waals surface area contributed by atoms with Crippen molar-refractivity contribution in [3.63, 3.8) is 0 Å². The Morgan fingerprint density at radius 3 is 2.50 bits per heavy atom. The smallest absolute Gasteiger partial charge is 0.119 e. The van der Waals surface area contributed by atoms with Gasteiger partial charge in [-0.05, 0) is 49.8 Å². The fourth-order valence-corrected chi connectivity index (χ4v) is 1.94. The molecule has 1 saturated carbocycles. The Morgan fingerprint density at radius 1 is 1.31 bits per heavy atom. The average Bonchev–Trinajstić information content (AvgIpc) is 2.17. The Labute approximate surface area is 97.3 Å². The fraction of sp³-hybridized carbons (Fsp3) is 0.571. The summed E-state index contributed by atoms with van der Waals surface area (Å²) in [6.45, 7) is 2.66. The number of ether oxygens (including phenoxy) is 1. The summed E-state index contributed by atoms with van der Waals surface area (Å²) in [5.41, 5.74) is 1.16. The molecule has 0 amide bonds. The molecule has 1 aliphatic rings. The molecule has 1 aromatic carbocycles. The maximum absolute atomic E-state index is 9.26. The molecule has 0 bridgehead atoms. The van der Waals surface area contributed by atoms with Crippen LogP contribution in [0.1, 0.15) is 31.7 Å². The molecular formula is C14H20O2. The predicted molar refractivity (Wildman–Crippen MR) is 64.7 cm³/mol. The van der Waals surface area contributed by atoms with Crippen LogP contribution in [0.25, 0.3) is 0 Å². The van der Waals surface area contributed by atoms with Gasteiger partial charge in [0.1, 0.15) is 5.75 Å². The van der Waals surface area contributed by atoms with Crippen LogP contribution in [0.5, 0.6) is 5.75 Å². The van der Waals surface area contributed by atoms with Crippen LogP contribution >= 0.6 is 0 Å². The van der Waals surface area contributed by atoms with Crippen LogP contribution in [-0.2, 0) is 6.42 Å². The fourth-order valence-electron chi connectivity index (χ4n) is 1.94. The van der Waals surface area contributed by atoms with Gasteiger partial charge in [0.2, 0.25) is 0 Å². The molecule has 1 aromatic rings. The molecule has 2 rings (SSSR count). The minimum Gasteiger partial charge on any atom is -0.493 e. The van der Waals surface area contributed by atoms with Crippen molar-refractivity contribution < 1.29 is 9.84 Å². The monoisotopic (exact) mass is 220 g/mol. The van der Waals surface area contributed by atoms with Crippen molar-refractivity contribution in [3.05, 3.63) is 29.8 Å². The molecule has 1 fully saturated rings. The third-order valence-electron chi connectivity index (χ3n) is 3.16. The van der Waals surface area contributed by atoms with Crippen LogP contribution < -0.4 is 4.74 Å². The lowest BCUT2D eigenvalue weighted by Crippen LogP contribution is -2.19. The molecule has 1 aliphatic carbocycles. The number of hydrogen-bond acceptors (Lipinski definition) is 2. The van der Waals surface area contributed by atoms with Crippen LogP contribution in [0, 0.1) is 5.92 Å². The van der Waals surface area contributed by atoms with E-state index in [-0.39, 0.29) is 6.10 Å². The Hall–Kier alpha value is -1.02. The zero-order valence-corrected chi connectivity index (χ0v) is 9.86. The van der Waals surface area contributed by atoms with Crippen molar-refractivity contribution in [2.45, 2.75) is 38.7 Å². The summed E-state index contributed by atoms with van der Waals surface area (Å²) in [5, 5.41) is 9.26. The van der Waals surface area contributed by atoms with Crippen LogP contribution in [-0.4, -0.2) is 17.8 Å². The van der Waals surface area contributed by atoms with Crippen LogP contribution in [0.15, 0.2) is 24.3 Å². The Morgan fingerprint density at radius 2 is 2.00 bits per heavy atom. The van der Waals surface area contributed by atoms with E-state index in [1.54, 1.807) is 6.92 Å². The second-order valence-corrected chi connectivity index (χ2v) is 4.81. The summed E-state index contributed by atoms with van der Waals surface area (Å²) >= 11 is 0. The van der Waals surface area contributed by atoms with E-state index >= 15 is 0 Å². The summed E-state index contributed by atoms with van der Waals surface area (Å²) in [4.78, 5) is 0. The lowest BCUT2D eigenvalue weighted by molar-refractivity contribution is 0.180. The Bertz CT molecular complexity index is 312. The minimum absolute atomic E-state index is 0.276. The summed E-state index contributed by atoms with van der Waals surface area (Å²) in [6, 6.07) is 8.05. The van der Waals surface area contributed by atoms with Gasteiger partial charge in [-0.3, -0.25) is 0 Å². The van der Waals surface area contributed by atoms with E-state index in [2.05, 4.69) is 0 Å². The standard InChI is InChI=1S/C14H20O2/c1-11(15)9-12-5-7-14(8-6-12)16-10-13-3-2-4-13/h5-8,11,13,15H,2-4,9-10H2,1H3. The molecule has 0 radical (unpaired) electrons. The van der Waals surface area contributed by atoms with Crippen molar-refractivity contribution in [2.75, 3.05) is 6.61 Å². The topological polar surface area (TPSA) is 29.5 Å². The lowest BCUT2D eigenvalue weighted by Gasteiger charge is -2.25. The van der Waals surface area contributed by atoms with E-state index in [0.29, 0.717) is 6.42 Å². The van der Waals surface area contributed by atoms with Gasteiger partial charge in [-0.25, -0.2) is 0 Å². The highest BCUT2D eigenvalue weighted by Crippen LogP contribution is 2.27. The molecule has 0 aromatic heterocycles. The van der Waals surface area contributed by atoms with E-state index in [4.69, 9.17) is 4.74 Å². The van der Waals surface area contributed by atoms with Gasteiger partial charge in [-0.1, -0.05) is 18.6 Å². The third-order valence-corrected chi connectivity index (χ3v) is 3.16. The van der Waals surface area contributed by atoms with Gasteiger partial charge in [-0.15, -0.1) is 0 Å². The molecule has 0 saturated heterocycles. The summed E-state index contributed by atoms with van der Waals surface area (Å²) < 4.78 is 5.71. The highest BCUT2D eigenvalue weighted by molar-refractivity contribution is 5.27. The van der Waals surface area contributed by atoms with E-state index < -0.39 is 0 Å². The summed E-state index contributed by atoms with van der Waals surface area (Å²) in [5.74, 6) is 1.72. The SMILES string of the molecule is CC(O)Cc1ccc(OCC2CCC2)cc1. The molecule has 2 nitrogen and oxygen atoms in total. The van der Waals surface area contributed by atoms with E-state index in [1.165, 1.54) is 19.3 Å². The molecule has 1 N–H and O–H groups in total. The van der Waals surface area contributed by atoms with Crippen LogP contribution in [0.2, 0.25) is 0 Å². The molecule has 1 unspecified atom stereocenters. The largest absolute Gasteiger partial charge is 0.493 e. The van der Waals surface area contributed by atoms with Gasteiger partial charge in [0, 0.05) is 0 Å². The first-order valence-electron chi connectivity index (χ1n) is 6.14. The lowest BCUT2D eigenvalue weighted by atomic mass is 9.86. The minimum atomic E-state index is -0.276. The second-order valence-electron chi connectivity index (χ2n) is 4.81. The number of rotatable bonds is 5. The highest BCUT2D eigenvalue weighted by atomic mass is 16.5. The molecule has 0 spiro atoms. The van der Waals surface area contributed by atoms with Crippen LogP contribution in [0.4, 0.5) is 0 Å². The molecule has 0 heterocycles. The van der Waals surface area contributed by atoms with Gasteiger partial charge in [0.15, 0.2) is 0 Å². The van der Waals surface area contributed by atoms with Crippen molar-refractivity contribution in [2.24, 2.45) is 5.92 Å². The average molecular weight is 220 g/mol. The van der Waals surface area contributed by atoms with Gasteiger partial charge in [-0.2, -0.15) is 0 Å². The molecule has 16 heavy (non-hydrogen) atoms.